The summed E-state index contributed by atoms with van der Waals surface area (Å²) >= 11 is 0. The van der Waals surface area contributed by atoms with Crippen LogP contribution in [0.5, 0.6) is 0 Å². The van der Waals surface area contributed by atoms with E-state index in [2.05, 4.69) is 72.0 Å². The van der Waals surface area contributed by atoms with Gasteiger partial charge in [-0.25, -0.2) is 0 Å². The minimum atomic E-state index is -0.417. The van der Waals surface area contributed by atoms with Gasteiger partial charge in [-0.3, -0.25) is 9.59 Å². The number of aryl methyl sites for hydroxylation is 2. The lowest BCUT2D eigenvalue weighted by Crippen LogP contribution is -2.41. The van der Waals surface area contributed by atoms with Gasteiger partial charge >= 0.3 is 0 Å². The van der Waals surface area contributed by atoms with Crippen LogP contribution in [0.2, 0.25) is 0 Å². The van der Waals surface area contributed by atoms with Gasteiger partial charge in [0.25, 0.3) is 11.8 Å². The van der Waals surface area contributed by atoms with E-state index in [9.17, 15) is 9.59 Å². The second-order valence-electron chi connectivity index (χ2n) is 10.5. The zero-order chi connectivity index (χ0) is 25.4. The molecule has 2 bridgehead atoms. The number of rotatable bonds is 3. The fourth-order valence-corrected chi connectivity index (χ4v) is 6.98. The van der Waals surface area contributed by atoms with Gasteiger partial charge in [-0.1, -0.05) is 60.7 Å². The molecule has 0 spiro atoms. The van der Waals surface area contributed by atoms with Crippen molar-refractivity contribution in [1.29, 1.82) is 0 Å². The zero-order valence-corrected chi connectivity index (χ0v) is 21.1. The van der Waals surface area contributed by atoms with Crippen LogP contribution in [-0.4, -0.2) is 27.6 Å². The molecule has 2 amide bonds. The van der Waals surface area contributed by atoms with E-state index < -0.39 is 11.8 Å². The highest BCUT2D eigenvalue weighted by Gasteiger charge is 2.61. The highest BCUT2D eigenvalue weighted by Crippen LogP contribution is 2.60. The molecule has 1 aliphatic heterocycles. The maximum absolute atomic E-state index is 13.8. The van der Waals surface area contributed by atoms with E-state index in [4.69, 9.17) is 0 Å². The van der Waals surface area contributed by atoms with Crippen LogP contribution in [0.25, 0.3) is 5.69 Å². The van der Waals surface area contributed by atoms with Crippen LogP contribution in [0.1, 0.15) is 56.6 Å². The third-order valence-electron chi connectivity index (χ3n) is 8.47. The summed E-state index contributed by atoms with van der Waals surface area (Å²) in [4.78, 5) is 27.6. The number of carbonyl (C=O) groups excluding carboxylic acids is 2. The molecule has 1 aromatic heterocycles. The summed E-state index contributed by atoms with van der Waals surface area (Å²) in [7, 11) is 0. The number of hydrazone groups is 1. The number of nitrogens with zero attached hydrogens (tertiary/aromatic N) is 3. The molecular weight excluding hydrogens is 458 g/mol. The molecule has 2 atom stereocenters. The molecule has 4 aliphatic rings. The second-order valence-corrected chi connectivity index (χ2v) is 10.5. The van der Waals surface area contributed by atoms with E-state index in [0.29, 0.717) is 0 Å². The first-order chi connectivity index (χ1) is 18.0. The van der Waals surface area contributed by atoms with Gasteiger partial charge < -0.3 is 4.57 Å². The zero-order valence-electron chi connectivity index (χ0n) is 21.1. The molecule has 5 nitrogen and oxygen atoms in total. The van der Waals surface area contributed by atoms with Gasteiger partial charge in [0.2, 0.25) is 0 Å². The molecule has 0 unspecified atom stereocenters. The molecule has 8 rings (SSSR count). The monoisotopic (exact) mass is 485 g/mol. The maximum Gasteiger partial charge on any atom is 0.254 e. The lowest BCUT2D eigenvalue weighted by Gasteiger charge is -2.45. The lowest BCUT2D eigenvalue weighted by molar-refractivity contribution is -0.139. The quantitative estimate of drug-likeness (QED) is 0.279. The molecule has 1 fully saturated rings. The number of amides is 2. The molecular formula is C32H27N3O2. The minimum Gasteiger partial charge on any atom is -0.318 e. The summed E-state index contributed by atoms with van der Waals surface area (Å²) in [6.07, 6.45) is 1.67. The molecule has 5 heteroatoms. The van der Waals surface area contributed by atoms with Crippen LogP contribution in [0.15, 0.2) is 84.0 Å². The Bertz CT molecular complexity index is 1530. The smallest absolute Gasteiger partial charge is 0.254 e. The normalized spacial score (nSPS) is 23.5. The summed E-state index contributed by atoms with van der Waals surface area (Å²) in [6, 6.07) is 27.0. The summed E-state index contributed by atoms with van der Waals surface area (Å²) in [5, 5.41) is 5.67. The van der Waals surface area contributed by atoms with Crippen molar-refractivity contribution in [3.63, 3.8) is 0 Å². The van der Waals surface area contributed by atoms with Crippen LogP contribution in [0, 0.1) is 32.6 Å². The molecule has 0 saturated carbocycles. The Labute approximate surface area is 216 Å². The summed E-state index contributed by atoms with van der Waals surface area (Å²) < 4.78 is 2.18. The first-order valence-electron chi connectivity index (χ1n) is 12.8. The molecule has 0 N–H and O–H groups in total. The number of aromatic nitrogens is 1. The van der Waals surface area contributed by atoms with Crippen molar-refractivity contribution in [2.45, 2.75) is 32.6 Å². The van der Waals surface area contributed by atoms with Gasteiger partial charge in [0, 0.05) is 34.5 Å². The molecule has 4 aromatic rings. The number of hydrogen-bond acceptors (Lipinski definition) is 3. The van der Waals surface area contributed by atoms with Gasteiger partial charge in [-0.2, -0.15) is 10.1 Å². The average molecular weight is 486 g/mol. The first kappa shape index (κ1) is 22.0. The molecule has 182 valence electrons. The van der Waals surface area contributed by atoms with E-state index in [-0.39, 0.29) is 23.7 Å². The highest BCUT2D eigenvalue weighted by atomic mass is 16.2. The van der Waals surface area contributed by atoms with Crippen molar-refractivity contribution < 1.29 is 9.59 Å². The fourth-order valence-electron chi connectivity index (χ4n) is 6.98. The van der Waals surface area contributed by atoms with Gasteiger partial charge in [0.05, 0.1) is 18.1 Å². The summed E-state index contributed by atoms with van der Waals surface area (Å²) in [6.45, 7) is 6.17. The summed E-state index contributed by atoms with van der Waals surface area (Å²) in [5.41, 5.74) is 9.92. The third kappa shape index (κ3) is 3.00. The average Bonchev–Trinajstić information content (AvgIpc) is 3.34. The largest absolute Gasteiger partial charge is 0.318 e. The van der Waals surface area contributed by atoms with Gasteiger partial charge in [-0.15, -0.1) is 0 Å². The van der Waals surface area contributed by atoms with Crippen molar-refractivity contribution in [1.82, 2.24) is 9.58 Å². The molecule has 3 aromatic carbocycles. The Kier molecular flexibility index (Phi) is 4.68. The van der Waals surface area contributed by atoms with Crippen molar-refractivity contribution in [3.8, 4) is 5.69 Å². The molecule has 0 radical (unpaired) electrons. The SMILES string of the molecule is Cc1cccc(-n2c(C)cc(/C=N\N3C(=O)[C@@H]4C5c6ccccc6C(c6ccccc65)[C@@H]4C3=O)c2C)c1. The standard InChI is InChI=1S/C32H27N3O2/c1-18-9-8-10-22(15-18)34-19(2)16-21(20(34)3)17-33-35-31(36)29-27-23-11-4-5-12-24(23)28(30(29)32(35)37)26-14-7-6-13-25(26)27/h4-17,27-30H,1-3H3/b33-17-/t27?,28?,29-,30+. The van der Waals surface area contributed by atoms with Crippen LogP contribution >= 0.6 is 0 Å². The van der Waals surface area contributed by atoms with Crippen molar-refractivity contribution >= 4 is 18.0 Å². The molecule has 2 heterocycles. The van der Waals surface area contributed by atoms with Crippen molar-refractivity contribution in [2.75, 3.05) is 0 Å². The molecule has 1 saturated heterocycles. The first-order valence-corrected chi connectivity index (χ1v) is 12.8. The highest BCUT2D eigenvalue weighted by molar-refractivity contribution is 6.08. The van der Waals surface area contributed by atoms with Crippen molar-refractivity contribution in [2.24, 2.45) is 16.9 Å². The maximum atomic E-state index is 13.8. The molecule has 37 heavy (non-hydrogen) atoms. The predicted molar refractivity (Wildman–Crippen MR) is 143 cm³/mol. The van der Waals surface area contributed by atoms with E-state index in [1.165, 1.54) is 27.8 Å². The number of hydrogen-bond donors (Lipinski definition) is 0. The molecule has 3 aliphatic carbocycles. The van der Waals surface area contributed by atoms with Gasteiger partial charge in [0.15, 0.2) is 0 Å². The Morgan fingerprint density at radius 2 is 1.24 bits per heavy atom. The van der Waals surface area contributed by atoms with Crippen LogP contribution in [-0.2, 0) is 9.59 Å². The van der Waals surface area contributed by atoms with E-state index >= 15 is 0 Å². The topological polar surface area (TPSA) is 54.7 Å². The van der Waals surface area contributed by atoms with Gasteiger partial charge in [0.1, 0.15) is 0 Å². The Hall–Kier alpha value is -4.25. The number of carbonyl (C=O) groups is 2. The van der Waals surface area contributed by atoms with Crippen LogP contribution in [0.4, 0.5) is 0 Å². The Balaban J connectivity index is 1.27. The summed E-state index contributed by atoms with van der Waals surface area (Å²) in [5.74, 6) is -1.47. The fraction of sp³-hybridized carbons (Fsp3) is 0.219. The third-order valence-corrected chi connectivity index (χ3v) is 8.47. The van der Waals surface area contributed by atoms with E-state index in [0.717, 1.165) is 27.6 Å². The van der Waals surface area contributed by atoms with Crippen molar-refractivity contribution in [3.05, 3.63) is 124 Å². The van der Waals surface area contributed by atoms with E-state index in [1.54, 1.807) is 6.21 Å². The Morgan fingerprint density at radius 1 is 0.703 bits per heavy atom. The minimum absolute atomic E-state index is 0.120. The number of benzene rings is 3. The van der Waals surface area contributed by atoms with Gasteiger partial charge in [-0.05, 0) is 66.8 Å². The lowest BCUT2D eigenvalue weighted by atomic mass is 9.55. The number of imide groups is 1. The van der Waals surface area contributed by atoms with Crippen LogP contribution in [0.3, 0.4) is 0 Å². The Morgan fingerprint density at radius 3 is 1.76 bits per heavy atom. The predicted octanol–water partition coefficient (Wildman–Crippen LogP) is 5.63. The van der Waals surface area contributed by atoms with E-state index in [1.807, 2.05) is 37.3 Å². The van der Waals surface area contributed by atoms with Crippen LogP contribution < -0.4 is 0 Å². The second kappa shape index (κ2) is 7.87.